The maximum atomic E-state index is 5.06. The van der Waals surface area contributed by atoms with Crippen LogP contribution in [0.4, 0.5) is 5.82 Å². The fourth-order valence-electron chi connectivity index (χ4n) is 5.08. The van der Waals surface area contributed by atoms with Gasteiger partial charge in [-0.05, 0) is 75.0 Å². The molecule has 1 saturated heterocycles. The first-order valence-corrected chi connectivity index (χ1v) is 10.1. The molecule has 1 atom stereocenters. The predicted octanol–water partition coefficient (Wildman–Crippen LogP) is 4.11. The van der Waals surface area contributed by atoms with Gasteiger partial charge in [-0.2, -0.15) is 5.10 Å². The number of nitrogens with zero attached hydrogens (tertiary/aromatic N) is 3. The molecule has 1 aromatic rings. The highest BCUT2D eigenvalue weighted by atomic mass is 15.3. The Morgan fingerprint density at radius 1 is 1.08 bits per heavy atom. The Morgan fingerprint density at radius 3 is 2.83 bits per heavy atom. The summed E-state index contributed by atoms with van der Waals surface area (Å²) < 4.78 is 2.12. The number of piperidine rings is 1. The summed E-state index contributed by atoms with van der Waals surface area (Å²) in [5.41, 5.74) is 6.18. The van der Waals surface area contributed by atoms with Gasteiger partial charge in [-0.3, -0.25) is 9.58 Å². The van der Waals surface area contributed by atoms with Crippen LogP contribution >= 0.6 is 0 Å². The highest BCUT2D eigenvalue weighted by Gasteiger charge is 2.36. The second-order valence-electron chi connectivity index (χ2n) is 8.33. The Morgan fingerprint density at radius 2 is 1.96 bits per heavy atom. The molecule has 5 rings (SSSR count). The van der Waals surface area contributed by atoms with E-state index >= 15 is 0 Å². The number of nitrogens with one attached hydrogen (secondary N) is 1. The third-order valence-electron chi connectivity index (χ3n) is 6.55. The van der Waals surface area contributed by atoms with Gasteiger partial charge in [0, 0.05) is 25.7 Å². The van der Waals surface area contributed by atoms with Gasteiger partial charge in [0.1, 0.15) is 5.82 Å². The molecule has 2 aliphatic carbocycles. The summed E-state index contributed by atoms with van der Waals surface area (Å²) >= 11 is 0. The summed E-state index contributed by atoms with van der Waals surface area (Å²) in [7, 11) is 2.12. The van der Waals surface area contributed by atoms with Crippen LogP contribution in [0, 0.1) is 5.92 Å². The highest BCUT2D eigenvalue weighted by Crippen LogP contribution is 2.45. The monoisotopic (exact) mass is 326 g/mol. The van der Waals surface area contributed by atoms with Crippen LogP contribution in [0.2, 0.25) is 0 Å². The summed E-state index contributed by atoms with van der Waals surface area (Å²) in [5, 5.41) is 8.74. The molecule has 130 valence electrons. The van der Waals surface area contributed by atoms with Gasteiger partial charge in [0.15, 0.2) is 0 Å². The number of fused-ring (bicyclic) bond motifs is 2. The molecule has 24 heavy (non-hydrogen) atoms. The first kappa shape index (κ1) is 15.0. The lowest BCUT2D eigenvalue weighted by Crippen LogP contribution is -2.35. The molecule has 2 aliphatic heterocycles. The number of hydrogen-bond acceptors (Lipinski definition) is 3. The standard InChI is InChI=1S/C20H30N4/c1-23-20-18(16-7-3-2-6-15(16)12-21-20)19(22-23)17-8-4-5-11-24(17)13-14-9-10-14/h14,17,21H,2-13H2,1H3/t17-/m0/s1. The SMILES string of the molecule is Cn1nc([C@@H]2CCCCN2CC2CC2)c2c1NCC1=C2CCCC1. The number of anilines is 1. The predicted molar refractivity (Wildman–Crippen MR) is 98.0 cm³/mol. The summed E-state index contributed by atoms with van der Waals surface area (Å²) in [6.45, 7) is 3.61. The molecule has 0 radical (unpaired) electrons. The zero-order chi connectivity index (χ0) is 16.1. The van der Waals surface area contributed by atoms with Crippen molar-refractivity contribution in [3.05, 3.63) is 16.8 Å². The third-order valence-corrected chi connectivity index (χ3v) is 6.55. The average molecular weight is 326 g/mol. The van der Waals surface area contributed by atoms with Gasteiger partial charge in [0.2, 0.25) is 0 Å². The van der Waals surface area contributed by atoms with E-state index in [-0.39, 0.29) is 0 Å². The summed E-state index contributed by atoms with van der Waals surface area (Å²) in [5.74, 6) is 2.25. The van der Waals surface area contributed by atoms with E-state index < -0.39 is 0 Å². The van der Waals surface area contributed by atoms with Gasteiger partial charge < -0.3 is 5.32 Å². The van der Waals surface area contributed by atoms with Gasteiger partial charge in [-0.15, -0.1) is 0 Å². The maximum absolute atomic E-state index is 5.06. The largest absolute Gasteiger partial charge is 0.366 e. The fourth-order valence-corrected chi connectivity index (χ4v) is 5.08. The summed E-state index contributed by atoms with van der Waals surface area (Å²) in [6.07, 6.45) is 12.2. The minimum Gasteiger partial charge on any atom is -0.366 e. The van der Waals surface area contributed by atoms with Gasteiger partial charge >= 0.3 is 0 Å². The second-order valence-corrected chi connectivity index (χ2v) is 8.33. The molecule has 3 heterocycles. The molecule has 4 aliphatic rings. The molecule has 4 nitrogen and oxygen atoms in total. The van der Waals surface area contributed by atoms with Crippen molar-refractivity contribution in [1.82, 2.24) is 14.7 Å². The van der Waals surface area contributed by atoms with E-state index in [4.69, 9.17) is 5.10 Å². The third kappa shape index (κ3) is 2.50. The van der Waals surface area contributed by atoms with Gasteiger partial charge in [0.25, 0.3) is 0 Å². The van der Waals surface area contributed by atoms with Crippen LogP contribution in [0.15, 0.2) is 5.57 Å². The lowest BCUT2D eigenvalue weighted by molar-refractivity contribution is 0.138. The second kappa shape index (κ2) is 5.91. The van der Waals surface area contributed by atoms with E-state index in [1.165, 1.54) is 88.0 Å². The van der Waals surface area contributed by atoms with Crippen molar-refractivity contribution in [2.45, 2.75) is 63.8 Å². The summed E-state index contributed by atoms with van der Waals surface area (Å²) in [4.78, 5) is 2.77. The van der Waals surface area contributed by atoms with Crippen molar-refractivity contribution >= 4 is 11.4 Å². The van der Waals surface area contributed by atoms with E-state index in [1.54, 1.807) is 11.1 Å². The zero-order valence-electron chi connectivity index (χ0n) is 15.0. The van der Waals surface area contributed by atoms with E-state index in [1.807, 2.05) is 0 Å². The van der Waals surface area contributed by atoms with Crippen LogP contribution in [-0.2, 0) is 7.05 Å². The Balaban J connectivity index is 1.55. The summed E-state index contributed by atoms with van der Waals surface area (Å²) in [6, 6.07) is 0.546. The maximum Gasteiger partial charge on any atom is 0.132 e. The van der Waals surface area contributed by atoms with Gasteiger partial charge in [-0.1, -0.05) is 6.42 Å². The van der Waals surface area contributed by atoms with Crippen molar-refractivity contribution in [2.24, 2.45) is 13.0 Å². The molecule has 1 saturated carbocycles. The Hall–Kier alpha value is -1.29. The topological polar surface area (TPSA) is 33.1 Å². The molecule has 1 N–H and O–H groups in total. The minimum atomic E-state index is 0.546. The molecule has 4 heteroatoms. The molecule has 2 fully saturated rings. The molecular weight excluding hydrogens is 296 g/mol. The average Bonchev–Trinajstić information content (AvgIpc) is 3.37. The minimum absolute atomic E-state index is 0.546. The van der Waals surface area contributed by atoms with Crippen LogP contribution in [0.3, 0.4) is 0 Å². The lowest BCUT2D eigenvalue weighted by atomic mass is 9.83. The molecule has 1 aromatic heterocycles. The number of aromatic nitrogens is 2. The Bertz CT molecular complexity index is 667. The van der Waals surface area contributed by atoms with Crippen LogP contribution in [0.25, 0.3) is 5.57 Å². The zero-order valence-corrected chi connectivity index (χ0v) is 15.0. The number of aryl methyl sites for hydroxylation is 1. The van der Waals surface area contributed by atoms with Crippen molar-refractivity contribution in [2.75, 3.05) is 25.0 Å². The van der Waals surface area contributed by atoms with Crippen LogP contribution < -0.4 is 5.32 Å². The number of rotatable bonds is 3. The molecule has 0 amide bonds. The van der Waals surface area contributed by atoms with Crippen molar-refractivity contribution < 1.29 is 0 Å². The highest BCUT2D eigenvalue weighted by molar-refractivity contribution is 5.82. The quantitative estimate of drug-likeness (QED) is 0.907. The van der Waals surface area contributed by atoms with E-state index in [9.17, 15) is 0 Å². The first-order chi connectivity index (χ1) is 11.8. The lowest BCUT2D eigenvalue weighted by Gasteiger charge is -2.36. The van der Waals surface area contributed by atoms with Gasteiger partial charge in [0.05, 0.1) is 11.7 Å². The molecule has 0 spiro atoms. The number of likely N-dealkylation sites (tertiary alicyclic amines) is 1. The molecular formula is C20H30N4. The van der Waals surface area contributed by atoms with Crippen LogP contribution in [0.1, 0.15) is 75.1 Å². The van der Waals surface area contributed by atoms with Crippen LogP contribution in [0.5, 0.6) is 0 Å². The number of allylic oxidation sites excluding steroid dienone is 1. The molecule has 0 bridgehead atoms. The Labute approximate surface area is 145 Å². The van der Waals surface area contributed by atoms with E-state index in [0.717, 1.165) is 12.5 Å². The fraction of sp³-hybridized carbons (Fsp3) is 0.750. The van der Waals surface area contributed by atoms with E-state index in [0.29, 0.717) is 6.04 Å². The first-order valence-electron chi connectivity index (χ1n) is 10.1. The van der Waals surface area contributed by atoms with Gasteiger partial charge in [-0.25, -0.2) is 0 Å². The Kier molecular flexibility index (Phi) is 3.69. The van der Waals surface area contributed by atoms with E-state index in [2.05, 4.69) is 21.9 Å². The molecule has 0 aromatic carbocycles. The smallest absolute Gasteiger partial charge is 0.132 e. The van der Waals surface area contributed by atoms with Crippen molar-refractivity contribution in [1.29, 1.82) is 0 Å². The van der Waals surface area contributed by atoms with Crippen LogP contribution in [-0.4, -0.2) is 34.3 Å². The van der Waals surface area contributed by atoms with Crippen molar-refractivity contribution in [3.8, 4) is 0 Å². The number of hydrogen-bond donors (Lipinski definition) is 1. The molecule has 0 unspecified atom stereocenters. The normalized spacial score (nSPS) is 27.6. The van der Waals surface area contributed by atoms with Crippen molar-refractivity contribution in [3.63, 3.8) is 0 Å².